The maximum atomic E-state index is 6.17. The van der Waals surface area contributed by atoms with Crippen LogP contribution >= 0.6 is 11.6 Å². The van der Waals surface area contributed by atoms with Crippen LogP contribution in [-0.4, -0.2) is 30.5 Å². The number of aromatic nitrogens is 2. The summed E-state index contributed by atoms with van der Waals surface area (Å²) in [5.74, 6) is 0. The highest BCUT2D eigenvalue weighted by Gasteiger charge is 2.17. The van der Waals surface area contributed by atoms with Crippen molar-refractivity contribution < 1.29 is 4.74 Å². The molecule has 0 saturated carbocycles. The zero-order valence-electron chi connectivity index (χ0n) is 10.2. The van der Waals surface area contributed by atoms with Gasteiger partial charge in [0.2, 0.25) is 0 Å². The van der Waals surface area contributed by atoms with Crippen molar-refractivity contribution in [3.63, 3.8) is 0 Å². The van der Waals surface area contributed by atoms with Gasteiger partial charge in [-0.3, -0.25) is 4.68 Å². The van der Waals surface area contributed by atoms with E-state index < -0.39 is 0 Å². The Balaban J connectivity index is 2.85. The molecule has 0 aliphatic rings. The molecule has 0 radical (unpaired) electrons. The third kappa shape index (κ3) is 3.20. The third-order valence-electron chi connectivity index (χ3n) is 2.60. The normalized spacial score (nSPS) is 13.0. The quantitative estimate of drug-likeness (QED) is 0.801. The van der Waals surface area contributed by atoms with Crippen LogP contribution in [0.25, 0.3) is 0 Å². The first kappa shape index (κ1) is 13.5. The van der Waals surface area contributed by atoms with Crippen molar-refractivity contribution in [1.82, 2.24) is 15.1 Å². The van der Waals surface area contributed by atoms with Crippen molar-refractivity contribution >= 4 is 11.6 Å². The first-order valence-electron chi connectivity index (χ1n) is 5.62. The molecule has 0 aliphatic carbocycles. The Morgan fingerprint density at radius 2 is 2.38 bits per heavy atom. The van der Waals surface area contributed by atoms with Crippen molar-refractivity contribution in [3.8, 4) is 0 Å². The fourth-order valence-corrected chi connectivity index (χ4v) is 2.05. The average Bonchev–Trinajstić information content (AvgIpc) is 2.65. The van der Waals surface area contributed by atoms with Gasteiger partial charge in [0, 0.05) is 7.11 Å². The fourth-order valence-electron chi connectivity index (χ4n) is 1.78. The lowest BCUT2D eigenvalue weighted by Gasteiger charge is -2.17. The Morgan fingerprint density at radius 3 is 2.94 bits per heavy atom. The largest absolute Gasteiger partial charge is 0.383 e. The van der Waals surface area contributed by atoms with Gasteiger partial charge < -0.3 is 10.1 Å². The van der Waals surface area contributed by atoms with Crippen LogP contribution in [0.1, 0.15) is 31.5 Å². The maximum Gasteiger partial charge on any atom is 0.0834 e. The van der Waals surface area contributed by atoms with E-state index in [2.05, 4.69) is 17.3 Å². The van der Waals surface area contributed by atoms with E-state index in [1.807, 2.05) is 11.7 Å². The lowest BCUT2D eigenvalue weighted by molar-refractivity contribution is 0.181. The smallest absolute Gasteiger partial charge is 0.0834 e. The highest BCUT2D eigenvalue weighted by atomic mass is 35.5. The van der Waals surface area contributed by atoms with E-state index in [4.69, 9.17) is 16.3 Å². The van der Waals surface area contributed by atoms with Gasteiger partial charge in [-0.05, 0) is 13.5 Å². The Labute approximate surface area is 102 Å². The Hall–Kier alpha value is -0.580. The highest BCUT2D eigenvalue weighted by molar-refractivity contribution is 6.31. The Kier molecular flexibility index (Phi) is 5.80. The van der Waals surface area contributed by atoms with E-state index in [0.717, 1.165) is 30.1 Å². The van der Waals surface area contributed by atoms with Crippen molar-refractivity contribution in [1.29, 1.82) is 0 Å². The monoisotopic (exact) mass is 245 g/mol. The lowest BCUT2D eigenvalue weighted by Crippen LogP contribution is -2.21. The summed E-state index contributed by atoms with van der Waals surface area (Å²) in [5.41, 5.74) is 1.06. The van der Waals surface area contributed by atoms with Gasteiger partial charge in [-0.15, -0.1) is 0 Å². The van der Waals surface area contributed by atoms with Gasteiger partial charge in [0.25, 0.3) is 0 Å². The molecule has 1 N–H and O–H groups in total. The third-order valence-corrected chi connectivity index (χ3v) is 2.89. The van der Waals surface area contributed by atoms with E-state index in [9.17, 15) is 0 Å². The fraction of sp³-hybridized carbons (Fsp3) is 0.727. The molecule has 5 heteroatoms. The van der Waals surface area contributed by atoms with Gasteiger partial charge in [0.15, 0.2) is 0 Å². The minimum atomic E-state index is 0.261. The van der Waals surface area contributed by atoms with Crippen LogP contribution in [0.15, 0.2) is 6.20 Å². The number of nitrogens with one attached hydrogen (secondary N) is 1. The number of hydrogen-bond acceptors (Lipinski definition) is 3. The molecule has 0 spiro atoms. The summed E-state index contributed by atoms with van der Waals surface area (Å²) in [4.78, 5) is 0. The summed E-state index contributed by atoms with van der Waals surface area (Å²) in [6.07, 6.45) is 3.86. The van der Waals surface area contributed by atoms with Crippen molar-refractivity contribution in [2.75, 3.05) is 20.8 Å². The SMILES string of the molecule is CCCC(NC)c1c(Cl)cnn1CCOC. The number of nitrogens with zero attached hydrogens (tertiary/aromatic N) is 2. The number of halogens is 1. The summed E-state index contributed by atoms with van der Waals surface area (Å²) < 4.78 is 6.98. The minimum absolute atomic E-state index is 0.261. The van der Waals surface area contributed by atoms with Crippen LogP contribution in [0.2, 0.25) is 5.02 Å². The van der Waals surface area contributed by atoms with Crippen LogP contribution in [0, 0.1) is 0 Å². The first-order chi connectivity index (χ1) is 7.74. The molecule has 0 aliphatic heterocycles. The van der Waals surface area contributed by atoms with Gasteiger partial charge in [-0.2, -0.15) is 5.10 Å². The summed E-state index contributed by atoms with van der Waals surface area (Å²) in [6, 6.07) is 0.261. The van der Waals surface area contributed by atoms with Crippen molar-refractivity contribution in [2.24, 2.45) is 0 Å². The molecule has 0 fully saturated rings. The Bertz CT molecular complexity index is 314. The Morgan fingerprint density at radius 1 is 1.62 bits per heavy atom. The first-order valence-corrected chi connectivity index (χ1v) is 5.99. The standard InChI is InChI=1S/C11H20ClN3O/c1-4-5-10(13-2)11-9(12)8-14-15(11)6-7-16-3/h8,10,13H,4-7H2,1-3H3. The van der Waals surface area contributed by atoms with Gasteiger partial charge >= 0.3 is 0 Å². The average molecular weight is 246 g/mol. The van der Waals surface area contributed by atoms with Crippen LogP contribution in [0.5, 0.6) is 0 Å². The van der Waals surface area contributed by atoms with Crippen molar-refractivity contribution in [2.45, 2.75) is 32.4 Å². The molecule has 0 saturated heterocycles. The molecule has 92 valence electrons. The summed E-state index contributed by atoms with van der Waals surface area (Å²) in [7, 11) is 3.64. The number of ether oxygens (including phenoxy) is 1. The van der Waals surface area contributed by atoms with Crippen molar-refractivity contribution in [3.05, 3.63) is 16.9 Å². The van der Waals surface area contributed by atoms with Crippen LogP contribution < -0.4 is 5.32 Å². The molecule has 0 aromatic carbocycles. The van der Waals surface area contributed by atoms with E-state index in [-0.39, 0.29) is 6.04 Å². The van der Waals surface area contributed by atoms with Gasteiger partial charge in [0.1, 0.15) is 0 Å². The number of methoxy groups -OCH3 is 1. The predicted molar refractivity (Wildman–Crippen MR) is 65.8 cm³/mol. The maximum absolute atomic E-state index is 6.17. The minimum Gasteiger partial charge on any atom is -0.383 e. The van der Waals surface area contributed by atoms with Gasteiger partial charge in [-0.1, -0.05) is 24.9 Å². The molecule has 1 unspecified atom stereocenters. The molecule has 1 aromatic heterocycles. The highest BCUT2D eigenvalue weighted by Crippen LogP contribution is 2.25. The van der Waals surface area contributed by atoms with Crippen LogP contribution in [-0.2, 0) is 11.3 Å². The summed E-state index contributed by atoms with van der Waals surface area (Å²) in [5, 5.41) is 8.27. The zero-order valence-corrected chi connectivity index (χ0v) is 10.9. The second-order valence-electron chi connectivity index (χ2n) is 3.72. The molecule has 0 bridgehead atoms. The van der Waals surface area contributed by atoms with E-state index in [1.54, 1.807) is 13.3 Å². The van der Waals surface area contributed by atoms with Gasteiger partial charge in [0.05, 0.1) is 36.1 Å². The second-order valence-corrected chi connectivity index (χ2v) is 4.13. The molecule has 0 amide bonds. The van der Waals surface area contributed by atoms with Crippen LogP contribution in [0.4, 0.5) is 0 Å². The lowest BCUT2D eigenvalue weighted by atomic mass is 10.1. The molecule has 1 atom stereocenters. The number of hydrogen-bond donors (Lipinski definition) is 1. The molecule has 4 nitrogen and oxygen atoms in total. The number of rotatable bonds is 7. The predicted octanol–water partition coefficient (Wildman–Crippen LogP) is 2.24. The zero-order chi connectivity index (χ0) is 12.0. The van der Waals surface area contributed by atoms with Crippen LogP contribution in [0.3, 0.4) is 0 Å². The van der Waals surface area contributed by atoms with E-state index >= 15 is 0 Å². The van der Waals surface area contributed by atoms with E-state index in [0.29, 0.717) is 6.61 Å². The topological polar surface area (TPSA) is 39.1 Å². The molecule has 1 heterocycles. The molecular formula is C11H20ClN3O. The van der Waals surface area contributed by atoms with E-state index in [1.165, 1.54) is 0 Å². The molecule has 1 rings (SSSR count). The molecule has 1 aromatic rings. The summed E-state index contributed by atoms with van der Waals surface area (Å²) >= 11 is 6.17. The van der Waals surface area contributed by atoms with Gasteiger partial charge in [-0.25, -0.2) is 0 Å². The molecule has 16 heavy (non-hydrogen) atoms. The summed E-state index contributed by atoms with van der Waals surface area (Å²) in [6.45, 7) is 3.54. The second kappa shape index (κ2) is 6.89. The molecular weight excluding hydrogens is 226 g/mol.